The molecule has 0 aliphatic heterocycles. The molecule has 1 aromatic rings. The summed E-state index contributed by atoms with van der Waals surface area (Å²) in [6, 6.07) is 0.0709. The van der Waals surface area contributed by atoms with E-state index in [1.807, 2.05) is 6.20 Å². The number of nitrogens with two attached hydrogens (primary N) is 1. The Morgan fingerprint density at radius 3 is 2.67 bits per heavy atom. The molecule has 2 rings (SSSR count). The van der Waals surface area contributed by atoms with Crippen molar-refractivity contribution < 1.29 is 0 Å². The zero-order valence-corrected chi connectivity index (χ0v) is 14.0. The maximum Gasteiger partial charge on any atom is 0.129 e. The van der Waals surface area contributed by atoms with E-state index in [4.69, 9.17) is 5.84 Å². The summed E-state index contributed by atoms with van der Waals surface area (Å²) in [7, 11) is 4.35. The second-order valence-corrected chi connectivity index (χ2v) is 6.76. The Hall–Kier alpha value is -0.910. The fraction of sp³-hybridized carbons (Fsp3) is 0.812. The quantitative estimate of drug-likeness (QED) is 0.624. The van der Waals surface area contributed by atoms with Crippen LogP contribution >= 0.6 is 0 Å². The van der Waals surface area contributed by atoms with Gasteiger partial charge < -0.3 is 9.47 Å². The first-order chi connectivity index (χ1) is 10.0. The number of aromatic nitrogens is 2. The van der Waals surface area contributed by atoms with Gasteiger partial charge in [-0.05, 0) is 52.1 Å². The molecule has 1 unspecified atom stereocenters. The third-order valence-corrected chi connectivity index (χ3v) is 5.21. The molecule has 120 valence electrons. The molecule has 5 heteroatoms. The van der Waals surface area contributed by atoms with Gasteiger partial charge >= 0.3 is 0 Å². The Labute approximate surface area is 128 Å². The number of aryl methyl sites for hydroxylation is 1. The first kappa shape index (κ1) is 16.5. The van der Waals surface area contributed by atoms with Crippen LogP contribution in [0.2, 0.25) is 0 Å². The molecular weight excluding hydrogens is 262 g/mol. The minimum atomic E-state index is 0.0537. The summed E-state index contributed by atoms with van der Waals surface area (Å²) >= 11 is 0. The highest BCUT2D eigenvalue weighted by molar-refractivity contribution is 5.11. The van der Waals surface area contributed by atoms with Crippen LogP contribution in [0.15, 0.2) is 12.4 Å². The summed E-state index contributed by atoms with van der Waals surface area (Å²) in [4.78, 5) is 6.98. The molecule has 0 radical (unpaired) electrons. The van der Waals surface area contributed by atoms with E-state index in [1.54, 1.807) is 0 Å². The van der Waals surface area contributed by atoms with E-state index in [0.29, 0.717) is 0 Å². The van der Waals surface area contributed by atoms with E-state index in [1.165, 1.54) is 12.8 Å². The van der Waals surface area contributed by atoms with Crippen LogP contribution in [-0.4, -0.2) is 34.1 Å². The second-order valence-electron chi connectivity index (χ2n) is 6.76. The molecule has 0 spiro atoms. The van der Waals surface area contributed by atoms with Crippen molar-refractivity contribution in [2.45, 2.75) is 64.1 Å². The van der Waals surface area contributed by atoms with Crippen LogP contribution in [0.1, 0.15) is 57.8 Å². The maximum absolute atomic E-state index is 5.99. The molecule has 1 aliphatic rings. The van der Waals surface area contributed by atoms with E-state index in [2.05, 4.69) is 54.0 Å². The number of nitrogens with zero attached hydrogens (tertiary/aromatic N) is 3. The van der Waals surface area contributed by atoms with E-state index < -0.39 is 0 Å². The average molecular weight is 293 g/mol. The van der Waals surface area contributed by atoms with Crippen molar-refractivity contribution in [3.05, 3.63) is 18.2 Å². The highest BCUT2D eigenvalue weighted by atomic mass is 15.3. The van der Waals surface area contributed by atoms with Gasteiger partial charge in [-0.1, -0.05) is 13.8 Å². The lowest BCUT2D eigenvalue weighted by Gasteiger charge is -2.49. The SMILES string of the molecule is CCCn1ccnc1C(NN)C1(N(C)C)CCC(C)CC1. The average Bonchev–Trinajstić information content (AvgIpc) is 2.90. The topological polar surface area (TPSA) is 59.1 Å². The van der Waals surface area contributed by atoms with E-state index in [0.717, 1.165) is 37.5 Å². The van der Waals surface area contributed by atoms with Gasteiger partial charge in [-0.3, -0.25) is 5.84 Å². The Morgan fingerprint density at radius 1 is 1.48 bits per heavy atom. The number of hydrogen-bond donors (Lipinski definition) is 2. The molecular formula is C16H31N5. The van der Waals surface area contributed by atoms with Crippen molar-refractivity contribution in [1.82, 2.24) is 19.9 Å². The van der Waals surface area contributed by atoms with Crippen molar-refractivity contribution in [3.63, 3.8) is 0 Å². The van der Waals surface area contributed by atoms with Crippen molar-refractivity contribution in [2.75, 3.05) is 14.1 Å². The predicted molar refractivity (Wildman–Crippen MR) is 86.6 cm³/mol. The third kappa shape index (κ3) is 3.15. The van der Waals surface area contributed by atoms with Gasteiger partial charge in [0.1, 0.15) is 5.82 Å². The van der Waals surface area contributed by atoms with Crippen LogP contribution in [0, 0.1) is 5.92 Å². The van der Waals surface area contributed by atoms with E-state index in [9.17, 15) is 0 Å². The lowest BCUT2D eigenvalue weighted by molar-refractivity contribution is 0.0385. The summed E-state index contributed by atoms with van der Waals surface area (Å²) in [5.74, 6) is 7.87. The number of imidazole rings is 1. The zero-order chi connectivity index (χ0) is 15.5. The summed E-state index contributed by atoms with van der Waals surface area (Å²) < 4.78 is 2.24. The lowest BCUT2D eigenvalue weighted by atomic mass is 9.72. The monoisotopic (exact) mass is 293 g/mol. The number of nitrogens with one attached hydrogen (secondary N) is 1. The van der Waals surface area contributed by atoms with Crippen LogP contribution in [0.4, 0.5) is 0 Å². The largest absolute Gasteiger partial charge is 0.334 e. The predicted octanol–water partition coefficient (Wildman–Crippen LogP) is 2.31. The minimum Gasteiger partial charge on any atom is -0.334 e. The normalized spacial score (nSPS) is 28.0. The fourth-order valence-electron chi connectivity index (χ4n) is 3.74. The van der Waals surface area contributed by atoms with Gasteiger partial charge in [0.05, 0.1) is 6.04 Å². The molecule has 1 fully saturated rings. The van der Waals surface area contributed by atoms with Crippen LogP contribution in [0.25, 0.3) is 0 Å². The number of likely N-dealkylation sites (N-methyl/N-ethyl adjacent to an activating group) is 1. The van der Waals surface area contributed by atoms with Gasteiger partial charge in [-0.15, -0.1) is 0 Å². The van der Waals surface area contributed by atoms with Gasteiger partial charge in [0.15, 0.2) is 0 Å². The smallest absolute Gasteiger partial charge is 0.129 e. The van der Waals surface area contributed by atoms with E-state index in [-0.39, 0.29) is 11.6 Å². The molecule has 5 nitrogen and oxygen atoms in total. The molecule has 1 heterocycles. The highest BCUT2D eigenvalue weighted by Gasteiger charge is 2.45. The lowest BCUT2D eigenvalue weighted by Crippen LogP contribution is -2.57. The molecule has 0 saturated heterocycles. The van der Waals surface area contributed by atoms with Gasteiger partial charge in [0.25, 0.3) is 0 Å². The number of hydrazine groups is 1. The van der Waals surface area contributed by atoms with Crippen LogP contribution in [0.5, 0.6) is 0 Å². The van der Waals surface area contributed by atoms with Crippen molar-refractivity contribution in [2.24, 2.45) is 11.8 Å². The molecule has 21 heavy (non-hydrogen) atoms. The molecule has 1 saturated carbocycles. The van der Waals surface area contributed by atoms with Crippen LogP contribution in [-0.2, 0) is 6.54 Å². The van der Waals surface area contributed by atoms with Gasteiger partial charge in [0, 0.05) is 24.5 Å². The molecule has 3 N–H and O–H groups in total. The highest BCUT2D eigenvalue weighted by Crippen LogP contribution is 2.43. The van der Waals surface area contributed by atoms with Crippen molar-refractivity contribution in [3.8, 4) is 0 Å². The molecule has 1 aliphatic carbocycles. The Balaban J connectivity index is 2.34. The van der Waals surface area contributed by atoms with Crippen LogP contribution in [0.3, 0.4) is 0 Å². The fourth-order valence-corrected chi connectivity index (χ4v) is 3.74. The zero-order valence-electron chi connectivity index (χ0n) is 14.0. The molecule has 1 atom stereocenters. The summed E-state index contributed by atoms with van der Waals surface area (Å²) in [5.41, 5.74) is 3.14. The third-order valence-electron chi connectivity index (χ3n) is 5.21. The molecule has 0 aromatic carbocycles. The number of hydrogen-bond acceptors (Lipinski definition) is 4. The summed E-state index contributed by atoms with van der Waals surface area (Å²) in [5, 5.41) is 0. The second kappa shape index (κ2) is 6.90. The Kier molecular flexibility index (Phi) is 5.41. The standard InChI is InChI=1S/C16H31N5/c1-5-11-21-12-10-18-15(21)14(19-17)16(20(3)4)8-6-13(2)7-9-16/h10,12-14,19H,5-9,11,17H2,1-4H3. The summed E-state index contributed by atoms with van der Waals surface area (Å²) in [6.45, 7) is 5.54. The first-order valence-corrected chi connectivity index (χ1v) is 8.19. The van der Waals surface area contributed by atoms with E-state index >= 15 is 0 Å². The Bertz CT molecular complexity index is 432. The molecule has 0 amide bonds. The van der Waals surface area contributed by atoms with Crippen molar-refractivity contribution >= 4 is 0 Å². The Morgan fingerprint density at radius 2 is 2.14 bits per heavy atom. The molecule has 1 aromatic heterocycles. The molecule has 0 bridgehead atoms. The van der Waals surface area contributed by atoms with Crippen LogP contribution < -0.4 is 11.3 Å². The van der Waals surface area contributed by atoms with Crippen molar-refractivity contribution in [1.29, 1.82) is 0 Å². The summed E-state index contributed by atoms with van der Waals surface area (Å²) in [6.07, 6.45) is 9.90. The van der Waals surface area contributed by atoms with Gasteiger partial charge in [0.2, 0.25) is 0 Å². The maximum atomic E-state index is 5.99. The first-order valence-electron chi connectivity index (χ1n) is 8.19. The minimum absolute atomic E-state index is 0.0537. The van der Waals surface area contributed by atoms with Gasteiger partial charge in [-0.25, -0.2) is 10.4 Å². The number of rotatable bonds is 6. The van der Waals surface area contributed by atoms with Gasteiger partial charge in [-0.2, -0.15) is 0 Å².